The number of carbonyl (C=O) groups excluding carboxylic acids is 2. The van der Waals surface area contributed by atoms with Crippen molar-refractivity contribution in [3.05, 3.63) is 70.2 Å². The van der Waals surface area contributed by atoms with Crippen LogP contribution in [0.3, 0.4) is 0 Å². The molecule has 0 fully saturated rings. The average Bonchev–Trinajstić information content (AvgIpc) is 3.25. The van der Waals surface area contributed by atoms with Gasteiger partial charge in [0.1, 0.15) is 11.5 Å². The van der Waals surface area contributed by atoms with Crippen LogP contribution in [0.1, 0.15) is 45.3 Å². The number of thiazole rings is 1. The maximum atomic E-state index is 12.9. The van der Waals surface area contributed by atoms with Crippen molar-refractivity contribution < 1.29 is 19.1 Å². The Balaban J connectivity index is 1.41. The summed E-state index contributed by atoms with van der Waals surface area (Å²) in [7, 11) is 3.21. The van der Waals surface area contributed by atoms with Crippen LogP contribution in [0.25, 0.3) is 0 Å². The number of benzene rings is 2. The molecule has 2 aromatic carbocycles. The second-order valence-electron chi connectivity index (χ2n) is 7.52. The van der Waals surface area contributed by atoms with E-state index in [2.05, 4.69) is 15.6 Å². The minimum Gasteiger partial charge on any atom is -0.497 e. The Hall–Kier alpha value is -3.39. The minimum atomic E-state index is -0.306. The van der Waals surface area contributed by atoms with Gasteiger partial charge in [0.25, 0.3) is 5.91 Å². The van der Waals surface area contributed by atoms with Gasteiger partial charge in [0.05, 0.1) is 25.8 Å². The first-order valence-corrected chi connectivity index (χ1v) is 11.2. The largest absolute Gasteiger partial charge is 0.497 e. The molecule has 166 valence electrons. The summed E-state index contributed by atoms with van der Waals surface area (Å²) in [5, 5.41) is 6.40. The van der Waals surface area contributed by atoms with Crippen LogP contribution >= 0.6 is 11.3 Å². The summed E-state index contributed by atoms with van der Waals surface area (Å²) in [6, 6.07) is 14.5. The Kier molecular flexibility index (Phi) is 6.70. The van der Waals surface area contributed by atoms with Gasteiger partial charge in [0, 0.05) is 17.0 Å². The number of hydrogen-bond acceptors (Lipinski definition) is 6. The zero-order valence-corrected chi connectivity index (χ0v) is 18.8. The molecule has 2 amide bonds. The van der Waals surface area contributed by atoms with Gasteiger partial charge < -0.3 is 14.8 Å². The summed E-state index contributed by atoms with van der Waals surface area (Å²) in [5.74, 6) is 0.887. The number of aromatic nitrogens is 1. The number of methoxy groups -OCH3 is 2. The number of aryl methyl sites for hydroxylation is 1. The van der Waals surface area contributed by atoms with Crippen LogP contribution in [0.4, 0.5) is 5.13 Å². The van der Waals surface area contributed by atoms with Crippen molar-refractivity contribution in [2.24, 2.45) is 0 Å². The van der Waals surface area contributed by atoms with E-state index in [0.717, 1.165) is 41.1 Å². The number of fused-ring (bicyclic) bond motifs is 1. The third kappa shape index (κ3) is 4.91. The van der Waals surface area contributed by atoms with Crippen molar-refractivity contribution in [3.63, 3.8) is 0 Å². The van der Waals surface area contributed by atoms with Crippen molar-refractivity contribution in [1.29, 1.82) is 0 Å². The zero-order chi connectivity index (χ0) is 22.5. The number of nitrogens with zero attached hydrogens (tertiary/aromatic N) is 1. The normalized spacial score (nSPS) is 14.9. The van der Waals surface area contributed by atoms with Crippen molar-refractivity contribution >= 4 is 28.3 Å². The Morgan fingerprint density at radius 3 is 2.34 bits per heavy atom. The number of nitrogens with one attached hydrogen (secondary N) is 2. The van der Waals surface area contributed by atoms with Crippen LogP contribution in [0.15, 0.2) is 48.5 Å². The van der Waals surface area contributed by atoms with E-state index in [1.54, 1.807) is 38.5 Å². The first-order chi connectivity index (χ1) is 15.6. The average molecular weight is 452 g/mol. The maximum absolute atomic E-state index is 12.9. The molecular weight excluding hydrogens is 426 g/mol. The Morgan fingerprint density at radius 2 is 1.69 bits per heavy atom. The van der Waals surface area contributed by atoms with Crippen molar-refractivity contribution in [2.75, 3.05) is 19.5 Å². The number of hydrogen-bond donors (Lipinski definition) is 2. The molecule has 4 rings (SSSR count). The summed E-state index contributed by atoms with van der Waals surface area (Å²) in [6.45, 7) is 0.444. The van der Waals surface area contributed by atoms with E-state index in [-0.39, 0.29) is 17.7 Å². The molecule has 3 aromatic rings. The van der Waals surface area contributed by atoms with Crippen LogP contribution in [0.2, 0.25) is 0 Å². The van der Waals surface area contributed by atoms with Crippen molar-refractivity contribution in [3.8, 4) is 11.5 Å². The van der Waals surface area contributed by atoms with Gasteiger partial charge in [-0.2, -0.15) is 0 Å². The van der Waals surface area contributed by atoms with E-state index in [9.17, 15) is 9.59 Å². The van der Waals surface area contributed by atoms with Gasteiger partial charge in [0.15, 0.2) is 5.13 Å². The van der Waals surface area contributed by atoms with Gasteiger partial charge in [-0.05, 0) is 61.2 Å². The molecule has 1 unspecified atom stereocenters. The Labute approximate surface area is 190 Å². The highest BCUT2D eigenvalue weighted by atomic mass is 32.1. The standard InChI is InChI=1S/C24H25N3O4S/c1-30-17-10-6-15(7-11-17)14-25-23(29)19-4-3-5-20-21(19)26-24(32-20)27-22(28)16-8-12-18(31-2)13-9-16/h6-13,19H,3-5,14H2,1-2H3,(H,25,29)(H,26,27,28). The number of rotatable bonds is 7. The molecule has 7 nitrogen and oxygen atoms in total. The lowest BCUT2D eigenvalue weighted by atomic mass is 9.90. The Bertz CT molecular complexity index is 1090. The summed E-state index contributed by atoms with van der Waals surface area (Å²) < 4.78 is 10.3. The predicted molar refractivity (Wildman–Crippen MR) is 124 cm³/mol. The fourth-order valence-corrected chi connectivity index (χ4v) is 4.75. The van der Waals surface area contributed by atoms with E-state index < -0.39 is 0 Å². The van der Waals surface area contributed by atoms with E-state index >= 15 is 0 Å². The van der Waals surface area contributed by atoms with E-state index in [0.29, 0.717) is 23.0 Å². The van der Waals surface area contributed by atoms with Crippen LogP contribution in [-0.4, -0.2) is 31.0 Å². The third-order valence-electron chi connectivity index (χ3n) is 5.47. The lowest BCUT2D eigenvalue weighted by Gasteiger charge is -2.20. The number of carbonyl (C=O) groups is 2. The van der Waals surface area contributed by atoms with Gasteiger partial charge in [-0.1, -0.05) is 12.1 Å². The molecular formula is C24H25N3O4S. The first kappa shape index (κ1) is 21.8. The van der Waals surface area contributed by atoms with Crippen LogP contribution in [0.5, 0.6) is 11.5 Å². The lowest BCUT2D eigenvalue weighted by Crippen LogP contribution is -2.31. The molecule has 0 bridgehead atoms. The fourth-order valence-electron chi connectivity index (χ4n) is 3.69. The summed E-state index contributed by atoms with van der Waals surface area (Å²) in [5.41, 5.74) is 2.30. The quantitative estimate of drug-likeness (QED) is 0.563. The molecule has 1 aromatic heterocycles. The van der Waals surface area contributed by atoms with Crippen LogP contribution in [-0.2, 0) is 17.8 Å². The van der Waals surface area contributed by atoms with E-state index in [4.69, 9.17) is 9.47 Å². The summed E-state index contributed by atoms with van der Waals surface area (Å²) in [4.78, 5) is 31.1. The molecule has 0 radical (unpaired) electrons. The number of anilines is 1. The number of amides is 2. The van der Waals surface area contributed by atoms with Gasteiger partial charge in [-0.15, -0.1) is 11.3 Å². The maximum Gasteiger partial charge on any atom is 0.257 e. The van der Waals surface area contributed by atoms with Gasteiger partial charge >= 0.3 is 0 Å². The molecule has 0 aliphatic heterocycles. The molecule has 8 heteroatoms. The second kappa shape index (κ2) is 9.82. The minimum absolute atomic E-state index is 0.0416. The molecule has 1 aliphatic carbocycles. The Morgan fingerprint density at radius 1 is 1.03 bits per heavy atom. The molecule has 0 saturated carbocycles. The van der Waals surface area contributed by atoms with Gasteiger partial charge in [0.2, 0.25) is 5.91 Å². The van der Waals surface area contributed by atoms with Crippen molar-refractivity contribution in [1.82, 2.24) is 10.3 Å². The van der Waals surface area contributed by atoms with E-state index in [1.165, 1.54) is 11.3 Å². The molecule has 2 N–H and O–H groups in total. The SMILES string of the molecule is COc1ccc(CNC(=O)C2CCCc3sc(NC(=O)c4ccc(OC)cc4)nc32)cc1. The van der Waals surface area contributed by atoms with E-state index in [1.807, 2.05) is 24.3 Å². The molecule has 32 heavy (non-hydrogen) atoms. The predicted octanol–water partition coefficient (Wildman–Crippen LogP) is 4.15. The second-order valence-corrected chi connectivity index (χ2v) is 8.60. The summed E-state index contributed by atoms with van der Waals surface area (Å²) >= 11 is 1.44. The van der Waals surface area contributed by atoms with Gasteiger partial charge in [-0.25, -0.2) is 4.98 Å². The zero-order valence-electron chi connectivity index (χ0n) is 18.0. The lowest BCUT2D eigenvalue weighted by molar-refractivity contribution is -0.123. The third-order valence-corrected chi connectivity index (χ3v) is 6.52. The van der Waals surface area contributed by atoms with Crippen molar-refractivity contribution in [2.45, 2.75) is 31.7 Å². The molecule has 1 atom stereocenters. The van der Waals surface area contributed by atoms with Crippen LogP contribution in [0, 0.1) is 0 Å². The molecule has 0 saturated heterocycles. The van der Waals surface area contributed by atoms with Crippen LogP contribution < -0.4 is 20.1 Å². The highest BCUT2D eigenvalue weighted by Crippen LogP contribution is 2.37. The highest BCUT2D eigenvalue weighted by molar-refractivity contribution is 7.16. The number of ether oxygens (including phenoxy) is 2. The summed E-state index contributed by atoms with van der Waals surface area (Å²) in [6.07, 6.45) is 2.53. The molecule has 1 aliphatic rings. The first-order valence-electron chi connectivity index (χ1n) is 10.4. The topological polar surface area (TPSA) is 89.6 Å². The molecule has 0 spiro atoms. The highest BCUT2D eigenvalue weighted by Gasteiger charge is 2.30. The fraction of sp³-hybridized carbons (Fsp3) is 0.292. The monoisotopic (exact) mass is 451 g/mol. The van der Waals surface area contributed by atoms with Gasteiger partial charge in [-0.3, -0.25) is 14.9 Å². The smallest absolute Gasteiger partial charge is 0.257 e. The molecule has 1 heterocycles.